The molecule has 0 unspecified atom stereocenters. The van der Waals surface area contributed by atoms with Gasteiger partial charge in [-0.15, -0.1) is 0 Å². The van der Waals surface area contributed by atoms with Gasteiger partial charge in [0.1, 0.15) is 5.03 Å². The van der Waals surface area contributed by atoms with Crippen molar-refractivity contribution < 1.29 is 13.2 Å². The summed E-state index contributed by atoms with van der Waals surface area (Å²) in [5.74, 6) is -0.111. The Hall–Kier alpha value is -3.20. The molecule has 5 rings (SSSR count). The maximum Gasteiger partial charge on any atom is 0.258 e. The van der Waals surface area contributed by atoms with Crippen LogP contribution in [-0.2, 0) is 10.0 Å². The van der Waals surface area contributed by atoms with E-state index in [-0.39, 0.29) is 24.0 Å². The lowest BCUT2D eigenvalue weighted by molar-refractivity contribution is 0.0698. The van der Waals surface area contributed by atoms with Gasteiger partial charge in [-0.3, -0.25) is 9.78 Å². The number of rotatable bonds is 4. The first-order valence-electron chi connectivity index (χ1n) is 10.5. The standard InChI is InChI=1S/C24H21ClN4O3S/c25-20-8-9-22-19(15-20)16-23(27-22)33(31,32)29-13-11-28(12-14-29)24(30)18-6-4-17(5-7-18)21-3-1-2-10-26-21/h1-10,15-16,27H,11-14H2. The van der Waals surface area contributed by atoms with E-state index in [1.807, 2.05) is 30.3 Å². The molecule has 1 aliphatic heterocycles. The highest BCUT2D eigenvalue weighted by Crippen LogP contribution is 2.25. The number of benzene rings is 2. The van der Waals surface area contributed by atoms with Gasteiger partial charge in [0, 0.05) is 59.4 Å². The van der Waals surface area contributed by atoms with Crippen molar-refractivity contribution in [3.05, 3.63) is 83.5 Å². The minimum Gasteiger partial charge on any atom is -0.345 e. The van der Waals surface area contributed by atoms with Gasteiger partial charge >= 0.3 is 0 Å². The molecule has 0 aliphatic carbocycles. The molecule has 168 valence electrons. The minimum atomic E-state index is -3.70. The van der Waals surface area contributed by atoms with E-state index in [1.54, 1.807) is 47.5 Å². The van der Waals surface area contributed by atoms with Gasteiger partial charge in [-0.25, -0.2) is 8.42 Å². The molecule has 1 saturated heterocycles. The highest BCUT2D eigenvalue weighted by molar-refractivity contribution is 7.89. The average molecular weight is 481 g/mol. The molecule has 0 spiro atoms. The monoisotopic (exact) mass is 480 g/mol. The molecule has 1 fully saturated rings. The van der Waals surface area contributed by atoms with Gasteiger partial charge in [0.15, 0.2) is 0 Å². The van der Waals surface area contributed by atoms with Crippen LogP contribution in [0.15, 0.2) is 78.0 Å². The van der Waals surface area contributed by atoms with Crippen molar-refractivity contribution in [3.8, 4) is 11.3 Å². The van der Waals surface area contributed by atoms with Crippen molar-refractivity contribution in [1.29, 1.82) is 0 Å². The number of aromatic nitrogens is 2. The topological polar surface area (TPSA) is 86.4 Å². The summed E-state index contributed by atoms with van der Waals surface area (Å²) in [6.07, 6.45) is 1.73. The number of sulfonamides is 1. The molecule has 1 amide bonds. The Kier molecular flexibility index (Phi) is 5.65. The van der Waals surface area contributed by atoms with Gasteiger partial charge < -0.3 is 9.88 Å². The van der Waals surface area contributed by atoms with Crippen LogP contribution in [0.3, 0.4) is 0 Å². The third-order valence-electron chi connectivity index (χ3n) is 5.79. The summed E-state index contributed by atoms with van der Waals surface area (Å²) < 4.78 is 27.6. The number of carbonyl (C=O) groups excluding carboxylic acids is 1. The Labute approximate surface area is 196 Å². The van der Waals surface area contributed by atoms with Crippen LogP contribution in [0.1, 0.15) is 10.4 Å². The zero-order chi connectivity index (χ0) is 23.0. The maximum absolute atomic E-state index is 13.1. The molecule has 1 aliphatic rings. The fourth-order valence-electron chi connectivity index (χ4n) is 3.99. The maximum atomic E-state index is 13.1. The first-order chi connectivity index (χ1) is 15.9. The first-order valence-corrected chi connectivity index (χ1v) is 12.3. The van der Waals surface area contributed by atoms with Crippen molar-refractivity contribution in [2.24, 2.45) is 0 Å². The molecule has 7 nitrogen and oxygen atoms in total. The fourth-order valence-corrected chi connectivity index (χ4v) is 5.60. The van der Waals surface area contributed by atoms with Gasteiger partial charge in [-0.05, 0) is 48.5 Å². The van der Waals surface area contributed by atoms with Crippen LogP contribution in [-0.4, -0.2) is 59.7 Å². The summed E-state index contributed by atoms with van der Waals surface area (Å²) >= 11 is 6.01. The molecule has 2 aromatic heterocycles. The summed E-state index contributed by atoms with van der Waals surface area (Å²) in [6.45, 7) is 1.12. The molecule has 9 heteroatoms. The highest BCUT2D eigenvalue weighted by Gasteiger charge is 2.31. The van der Waals surface area contributed by atoms with Crippen molar-refractivity contribution >= 4 is 38.4 Å². The summed E-state index contributed by atoms with van der Waals surface area (Å²) in [7, 11) is -3.70. The quantitative estimate of drug-likeness (QED) is 0.477. The summed E-state index contributed by atoms with van der Waals surface area (Å²) in [6, 6.07) is 19.8. The number of hydrogen-bond donors (Lipinski definition) is 1. The third-order valence-corrected chi connectivity index (χ3v) is 7.85. The van der Waals surface area contributed by atoms with E-state index < -0.39 is 10.0 Å². The van der Waals surface area contributed by atoms with Crippen LogP contribution in [0, 0.1) is 0 Å². The van der Waals surface area contributed by atoms with Gasteiger partial charge in [-0.2, -0.15) is 4.31 Å². The molecule has 3 heterocycles. The predicted octanol–water partition coefficient (Wildman–Crippen LogP) is 4.03. The van der Waals surface area contributed by atoms with Gasteiger partial charge in [0.25, 0.3) is 15.9 Å². The number of halogens is 1. The van der Waals surface area contributed by atoms with E-state index in [0.29, 0.717) is 29.2 Å². The number of pyridine rings is 1. The zero-order valence-corrected chi connectivity index (χ0v) is 19.2. The number of hydrogen-bond acceptors (Lipinski definition) is 4. The van der Waals surface area contributed by atoms with E-state index in [1.165, 1.54) is 4.31 Å². The van der Waals surface area contributed by atoms with Crippen molar-refractivity contribution in [3.63, 3.8) is 0 Å². The Morgan fingerprint density at radius 1 is 0.939 bits per heavy atom. The van der Waals surface area contributed by atoms with Gasteiger partial charge in [-0.1, -0.05) is 29.8 Å². The SMILES string of the molecule is O=C(c1ccc(-c2ccccn2)cc1)N1CCN(S(=O)(=O)c2cc3cc(Cl)ccc3[nH]2)CC1. The number of nitrogens with zero attached hydrogens (tertiary/aromatic N) is 3. The number of fused-ring (bicyclic) bond motifs is 1. The average Bonchev–Trinajstić information content (AvgIpc) is 3.28. The molecule has 0 saturated carbocycles. The smallest absolute Gasteiger partial charge is 0.258 e. The number of amides is 1. The van der Waals surface area contributed by atoms with Crippen LogP contribution in [0.25, 0.3) is 22.2 Å². The first kappa shape index (κ1) is 21.6. The van der Waals surface area contributed by atoms with Crippen LogP contribution in [0.2, 0.25) is 5.02 Å². The lowest BCUT2D eigenvalue weighted by Crippen LogP contribution is -2.50. The molecule has 1 N–H and O–H groups in total. The number of piperazine rings is 1. The highest BCUT2D eigenvalue weighted by atomic mass is 35.5. The molecular weight excluding hydrogens is 460 g/mol. The lowest BCUT2D eigenvalue weighted by Gasteiger charge is -2.33. The zero-order valence-electron chi connectivity index (χ0n) is 17.6. The van der Waals surface area contributed by atoms with Crippen LogP contribution >= 0.6 is 11.6 Å². The third kappa shape index (κ3) is 4.25. The van der Waals surface area contributed by atoms with Crippen LogP contribution in [0.4, 0.5) is 0 Å². The van der Waals surface area contributed by atoms with Crippen LogP contribution < -0.4 is 0 Å². The van der Waals surface area contributed by atoms with Gasteiger partial charge in [0.05, 0.1) is 5.69 Å². The summed E-state index contributed by atoms with van der Waals surface area (Å²) in [5, 5.41) is 1.42. The Bertz CT molecular complexity index is 1410. The van der Waals surface area contributed by atoms with E-state index in [2.05, 4.69) is 9.97 Å². The second-order valence-corrected chi connectivity index (χ2v) is 10.2. The second kappa shape index (κ2) is 8.62. The largest absolute Gasteiger partial charge is 0.345 e. The number of carbonyl (C=O) groups is 1. The van der Waals surface area contributed by atoms with Crippen LogP contribution in [0.5, 0.6) is 0 Å². The minimum absolute atomic E-state index is 0.111. The van der Waals surface area contributed by atoms with E-state index in [4.69, 9.17) is 11.6 Å². The predicted molar refractivity (Wildman–Crippen MR) is 128 cm³/mol. The molecule has 2 aromatic carbocycles. The van der Waals surface area contributed by atoms with E-state index in [0.717, 1.165) is 16.6 Å². The summed E-state index contributed by atoms with van der Waals surface area (Å²) in [5.41, 5.74) is 3.05. The molecule has 0 atom stereocenters. The Balaban J connectivity index is 1.26. The Morgan fingerprint density at radius 3 is 2.39 bits per heavy atom. The van der Waals surface area contributed by atoms with Gasteiger partial charge in [0.2, 0.25) is 0 Å². The van der Waals surface area contributed by atoms with Crippen molar-refractivity contribution in [1.82, 2.24) is 19.2 Å². The lowest BCUT2D eigenvalue weighted by atomic mass is 10.1. The molecule has 0 radical (unpaired) electrons. The number of nitrogens with one attached hydrogen (secondary N) is 1. The second-order valence-electron chi connectivity index (χ2n) is 7.85. The Morgan fingerprint density at radius 2 is 1.70 bits per heavy atom. The number of H-pyrrole nitrogens is 1. The van der Waals surface area contributed by atoms with Crippen molar-refractivity contribution in [2.45, 2.75) is 5.03 Å². The molecule has 33 heavy (non-hydrogen) atoms. The molecular formula is C24H21ClN4O3S. The normalized spacial score (nSPS) is 15.1. The van der Waals surface area contributed by atoms with E-state index >= 15 is 0 Å². The number of aromatic amines is 1. The van der Waals surface area contributed by atoms with Crippen molar-refractivity contribution in [2.75, 3.05) is 26.2 Å². The molecule has 4 aromatic rings. The molecule has 0 bridgehead atoms. The van der Waals surface area contributed by atoms with E-state index in [9.17, 15) is 13.2 Å². The summed E-state index contributed by atoms with van der Waals surface area (Å²) in [4.78, 5) is 21.9. The fraction of sp³-hybridized carbons (Fsp3) is 0.167.